The topological polar surface area (TPSA) is 47.9 Å². The molecule has 1 aromatic carbocycles. The molecule has 0 aliphatic carbocycles. The van der Waals surface area contributed by atoms with Crippen LogP contribution >= 0.6 is 0 Å². The van der Waals surface area contributed by atoms with E-state index in [0.29, 0.717) is 12.4 Å². The molecule has 1 rings (SSSR count). The maximum absolute atomic E-state index is 8.79. The quantitative estimate of drug-likeness (QED) is 0.821. The SMILES string of the molecule is COCc1cc(/C=C/CO)c(OC)cc1OC. The minimum atomic E-state index is -0.00516. The normalized spacial score (nSPS) is 10.8. The van der Waals surface area contributed by atoms with Crippen LogP contribution < -0.4 is 9.47 Å². The average molecular weight is 238 g/mol. The van der Waals surface area contributed by atoms with Gasteiger partial charge in [0.1, 0.15) is 11.5 Å². The second kappa shape index (κ2) is 6.93. The Morgan fingerprint density at radius 3 is 2.35 bits per heavy atom. The van der Waals surface area contributed by atoms with Gasteiger partial charge in [0.15, 0.2) is 0 Å². The molecule has 0 heterocycles. The molecule has 0 atom stereocenters. The van der Waals surface area contributed by atoms with Crippen LogP contribution in [0.1, 0.15) is 11.1 Å². The van der Waals surface area contributed by atoms with E-state index >= 15 is 0 Å². The lowest BCUT2D eigenvalue weighted by atomic mass is 10.1. The molecule has 0 unspecified atom stereocenters. The maximum Gasteiger partial charge on any atom is 0.129 e. The van der Waals surface area contributed by atoms with Crippen LogP contribution in [-0.4, -0.2) is 33.0 Å². The van der Waals surface area contributed by atoms with Crippen molar-refractivity contribution in [2.45, 2.75) is 6.61 Å². The van der Waals surface area contributed by atoms with Crippen LogP contribution in [0.2, 0.25) is 0 Å². The number of methoxy groups -OCH3 is 3. The Hall–Kier alpha value is -1.52. The third-order valence-corrected chi connectivity index (χ3v) is 2.34. The first kappa shape index (κ1) is 13.5. The summed E-state index contributed by atoms with van der Waals surface area (Å²) in [5, 5.41) is 8.79. The Balaban J connectivity index is 3.18. The molecular formula is C13H18O4. The minimum Gasteiger partial charge on any atom is -0.496 e. The van der Waals surface area contributed by atoms with Crippen molar-refractivity contribution in [3.05, 3.63) is 29.3 Å². The highest BCUT2D eigenvalue weighted by Gasteiger charge is 2.09. The summed E-state index contributed by atoms with van der Waals surface area (Å²) in [4.78, 5) is 0. The summed E-state index contributed by atoms with van der Waals surface area (Å²) in [6, 6.07) is 3.73. The van der Waals surface area contributed by atoms with Gasteiger partial charge in [-0.1, -0.05) is 12.2 Å². The summed E-state index contributed by atoms with van der Waals surface area (Å²) < 4.78 is 15.6. The van der Waals surface area contributed by atoms with Gasteiger partial charge in [-0.05, 0) is 6.07 Å². The molecular weight excluding hydrogens is 220 g/mol. The van der Waals surface area contributed by atoms with Crippen molar-refractivity contribution in [3.8, 4) is 11.5 Å². The average Bonchev–Trinajstić information content (AvgIpc) is 2.36. The highest BCUT2D eigenvalue weighted by Crippen LogP contribution is 2.30. The zero-order valence-electron chi connectivity index (χ0n) is 10.4. The van der Waals surface area contributed by atoms with Gasteiger partial charge in [0.05, 0.1) is 27.4 Å². The molecule has 1 N–H and O–H groups in total. The Labute approximate surface area is 101 Å². The highest BCUT2D eigenvalue weighted by molar-refractivity contribution is 5.61. The second-order valence-corrected chi connectivity index (χ2v) is 3.42. The molecule has 1 aromatic rings. The van der Waals surface area contributed by atoms with Crippen LogP contribution in [-0.2, 0) is 11.3 Å². The van der Waals surface area contributed by atoms with E-state index < -0.39 is 0 Å². The largest absolute Gasteiger partial charge is 0.496 e. The lowest BCUT2D eigenvalue weighted by molar-refractivity contribution is 0.181. The monoisotopic (exact) mass is 238 g/mol. The minimum absolute atomic E-state index is 0.00516. The zero-order chi connectivity index (χ0) is 12.7. The van der Waals surface area contributed by atoms with Gasteiger partial charge in [-0.2, -0.15) is 0 Å². The fourth-order valence-corrected chi connectivity index (χ4v) is 1.57. The fourth-order valence-electron chi connectivity index (χ4n) is 1.57. The maximum atomic E-state index is 8.79. The summed E-state index contributed by atoms with van der Waals surface area (Å²) in [5.41, 5.74) is 1.82. The molecule has 0 aliphatic heterocycles. The lowest BCUT2D eigenvalue weighted by Gasteiger charge is -2.12. The van der Waals surface area contributed by atoms with E-state index in [1.807, 2.05) is 12.1 Å². The summed E-state index contributed by atoms with van der Waals surface area (Å²) >= 11 is 0. The molecule has 0 spiro atoms. The zero-order valence-corrected chi connectivity index (χ0v) is 10.4. The van der Waals surface area contributed by atoms with Gasteiger partial charge in [-0.15, -0.1) is 0 Å². The molecule has 94 valence electrons. The van der Waals surface area contributed by atoms with Gasteiger partial charge < -0.3 is 19.3 Å². The number of aliphatic hydroxyl groups is 1. The molecule has 4 nitrogen and oxygen atoms in total. The summed E-state index contributed by atoms with van der Waals surface area (Å²) in [5.74, 6) is 1.43. The molecule has 0 saturated heterocycles. The Bertz CT molecular complexity index is 385. The standard InChI is InChI=1S/C13H18O4/c1-15-9-11-7-10(5-4-6-14)12(16-2)8-13(11)17-3/h4-5,7-8,14H,6,9H2,1-3H3/b5-4+. The molecule has 4 heteroatoms. The van der Waals surface area contributed by atoms with Gasteiger partial charge in [-0.25, -0.2) is 0 Å². The number of aliphatic hydroxyl groups excluding tert-OH is 1. The van der Waals surface area contributed by atoms with Crippen LogP contribution in [0.25, 0.3) is 6.08 Å². The van der Waals surface area contributed by atoms with E-state index in [9.17, 15) is 0 Å². The number of hydrogen-bond donors (Lipinski definition) is 1. The van der Waals surface area contributed by atoms with Crippen LogP contribution in [0.4, 0.5) is 0 Å². The summed E-state index contributed by atoms with van der Waals surface area (Å²) in [7, 11) is 4.84. The predicted octanol–water partition coefficient (Wildman–Crippen LogP) is 1.86. The molecule has 0 aromatic heterocycles. The van der Waals surface area contributed by atoms with Crippen LogP contribution in [0.15, 0.2) is 18.2 Å². The fraction of sp³-hybridized carbons (Fsp3) is 0.385. The second-order valence-electron chi connectivity index (χ2n) is 3.42. The first-order chi connectivity index (χ1) is 8.26. The molecule has 0 aliphatic rings. The van der Waals surface area contributed by atoms with E-state index in [1.54, 1.807) is 33.5 Å². The first-order valence-corrected chi connectivity index (χ1v) is 5.28. The number of ether oxygens (including phenoxy) is 3. The van der Waals surface area contributed by atoms with Crippen molar-refractivity contribution in [1.82, 2.24) is 0 Å². The molecule has 0 fully saturated rings. The lowest BCUT2D eigenvalue weighted by Crippen LogP contribution is -1.97. The first-order valence-electron chi connectivity index (χ1n) is 5.28. The number of benzene rings is 1. The van der Waals surface area contributed by atoms with E-state index in [4.69, 9.17) is 19.3 Å². The van der Waals surface area contributed by atoms with Gasteiger partial charge in [0, 0.05) is 24.3 Å². The molecule has 17 heavy (non-hydrogen) atoms. The van der Waals surface area contributed by atoms with Crippen molar-refractivity contribution in [1.29, 1.82) is 0 Å². The Kier molecular flexibility index (Phi) is 5.52. The van der Waals surface area contributed by atoms with Crippen molar-refractivity contribution in [2.24, 2.45) is 0 Å². The van der Waals surface area contributed by atoms with E-state index in [-0.39, 0.29) is 6.61 Å². The molecule has 0 bridgehead atoms. The molecule has 0 saturated carbocycles. The van der Waals surface area contributed by atoms with E-state index in [1.165, 1.54) is 0 Å². The Morgan fingerprint density at radius 2 is 1.82 bits per heavy atom. The van der Waals surface area contributed by atoms with Crippen molar-refractivity contribution < 1.29 is 19.3 Å². The summed E-state index contributed by atoms with van der Waals surface area (Å²) in [6.45, 7) is 0.460. The third kappa shape index (κ3) is 3.47. The smallest absolute Gasteiger partial charge is 0.129 e. The van der Waals surface area contributed by atoms with E-state index in [0.717, 1.165) is 16.9 Å². The van der Waals surface area contributed by atoms with Gasteiger partial charge in [0.25, 0.3) is 0 Å². The molecule has 0 radical (unpaired) electrons. The van der Waals surface area contributed by atoms with Crippen LogP contribution in [0, 0.1) is 0 Å². The van der Waals surface area contributed by atoms with Gasteiger partial charge in [0.2, 0.25) is 0 Å². The Morgan fingerprint density at radius 1 is 1.12 bits per heavy atom. The van der Waals surface area contributed by atoms with Crippen molar-refractivity contribution >= 4 is 6.08 Å². The highest BCUT2D eigenvalue weighted by atomic mass is 16.5. The number of rotatable bonds is 6. The predicted molar refractivity (Wildman–Crippen MR) is 66.4 cm³/mol. The van der Waals surface area contributed by atoms with Crippen LogP contribution in [0.3, 0.4) is 0 Å². The van der Waals surface area contributed by atoms with E-state index in [2.05, 4.69) is 0 Å². The summed E-state index contributed by atoms with van der Waals surface area (Å²) in [6.07, 6.45) is 3.46. The molecule has 0 amide bonds. The van der Waals surface area contributed by atoms with Crippen LogP contribution in [0.5, 0.6) is 11.5 Å². The number of hydrogen-bond acceptors (Lipinski definition) is 4. The van der Waals surface area contributed by atoms with Gasteiger partial charge in [-0.3, -0.25) is 0 Å². The third-order valence-electron chi connectivity index (χ3n) is 2.34. The van der Waals surface area contributed by atoms with Gasteiger partial charge >= 0.3 is 0 Å². The van der Waals surface area contributed by atoms with Crippen molar-refractivity contribution in [2.75, 3.05) is 27.9 Å². The van der Waals surface area contributed by atoms with Crippen molar-refractivity contribution in [3.63, 3.8) is 0 Å².